The van der Waals surface area contributed by atoms with Crippen molar-refractivity contribution in [3.05, 3.63) is 83.9 Å². The summed E-state index contributed by atoms with van der Waals surface area (Å²) in [6.45, 7) is 1.38. The van der Waals surface area contributed by atoms with E-state index < -0.39 is 0 Å². The predicted molar refractivity (Wildman–Crippen MR) is 114 cm³/mol. The molecule has 0 unspecified atom stereocenters. The van der Waals surface area contributed by atoms with Crippen LogP contribution >= 0.6 is 0 Å². The number of benzene rings is 1. The molecule has 0 saturated heterocycles. The molecule has 2 heterocycles. The fourth-order valence-electron chi connectivity index (χ4n) is 2.98. The third kappa shape index (κ3) is 6.04. The maximum atomic E-state index is 12.7. The van der Waals surface area contributed by atoms with Crippen molar-refractivity contribution in [2.24, 2.45) is 0 Å². The Labute approximate surface area is 171 Å². The quantitative estimate of drug-likeness (QED) is 0.606. The summed E-state index contributed by atoms with van der Waals surface area (Å²) < 4.78 is 5.26. The molecule has 6 nitrogen and oxygen atoms in total. The molecule has 1 N–H and O–H groups in total. The van der Waals surface area contributed by atoms with E-state index in [2.05, 4.69) is 21.4 Å². The second kappa shape index (κ2) is 10.2. The standard InChI is InChI=1S/C23H26N4O2/c1-27(15-10-18-6-11-24-12-7-18)23(28)22-17-20(9-14-26-22)25-13-8-19-4-3-5-21(16-19)29-2/h3-7,9,11-12,14,16-17H,8,10,13,15H2,1-2H3,(H,25,26). The number of ether oxygens (including phenoxy) is 1. The number of rotatable bonds is 9. The van der Waals surface area contributed by atoms with Crippen LogP contribution in [0.4, 0.5) is 5.69 Å². The Morgan fingerprint density at radius 3 is 2.66 bits per heavy atom. The number of aromatic nitrogens is 2. The van der Waals surface area contributed by atoms with Crippen LogP contribution in [-0.4, -0.2) is 48.0 Å². The van der Waals surface area contributed by atoms with Gasteiger partial charge in [0.15, 0.2) is 0 Å². The largest absolute Gasteiger partial charge is 0.497 e. The summed E-state index contributed by atoms with van der Waals surface area (Å²) >= 11 is 0. The van der Waals surface area contributed by atoms with Gasteiger partial charge in [-0.15, -0.1) is 0 Å². The number of carbonyl (C=O) groups is 1. The molecule has 150 valence electrons. The highest BCUT2D eigenvalue weighted by Gasteiger charge is 2.13. The highest BCUT2D eigenvalue weighted by Crippen LogP contribution is 2.14. The van der Waals surface area contributed by atoms with E-state index in [-0.39, 0.29) is 5.91 Å². The molecule has 6 heteroatoms. The summed E-state index contributed by atoms with van der Waals surface area (Å²) in [4.78, 5) is 22.7. The molecule has 0 aliphatic rings. The summed E-state index contributed by atoms with van der Waals surface area (Å²) in [7, 11) is 3.47. The van der Waals surface area contributed by atoms with Gasteiger partial charge >= 0.3 is 0 Å². The van der Waals surface area contributed by atoms with Crippen molar-refractivity contribution < 1.29 is 9.53 Å². The Kier molecular flexibility index (Phi) is 7.16. The molecule has 0 radical (unpaired) electrons. The Bertz CT molecular complexity index is 931. The first-order valence-electron chi connectivity index (χ1n) is 9.63. The molecule has 0 spiro atoms. The number of likely N-dealkylation sites (N-methyl/N-ethyl adjacent to an activating group) is 1. The fourth-order valence-corrected chi connectivity index (χ4v) is 2.98. The first-order valence-corrected chi connectivity index (χ1v) is 9.63. The van der Waals surface area contributed by atoms with Gasteiger partial charge in [0, 0.05) is 44.4 Å². The van der Waals surface area contributed by atoms with Crippen molar-refractivity contribution in [3.63, 3.8) is 0 Å². The molecular weight excluding hydrogens is 364 g/mol. The summed E-state index contributed by atoms with van der Waals surface area (Å²) in [5, 5.41) is 3.36. The lowest BCUT2D eigenvalue weighted by Gasteiger charge is -2.17. The third-order valence-corrected chi connectivity index (χ3v) is 4.69. The van der Waals surface area contributed by atoms with Crippen LogP contribution < -0.4 is 10.1 Å². The van der Waals surface area contributed by atoms with E-state index in [1.165, 1.54) is 5.56 Å². The molecule has 0 aliphatic carbocycles. The minimum Gasteiger partial charge on any atom is -0.497 e. The van der Waals surface area contributed by atoms with Gasteiger partial charge in [-0.05, 0) is 60.4 Å². The zero-order valence-corrected chi connectivity index (χ0v) is 16.8. The molecule has 3 aromatic rings. The molecule has 1 amide bonds. The lowest BCUT2D eigenvalue weighted by atomic mass is 10.1. The van der Waals surface area contributed by atoms with E-state index in [0.29, 0.717) is 12.2 Å². The zero-order valence-electron chi connectivity index (χ0n) is 16.8. The van der Waals surface area contributed by atoms with E-state index in [0.717, 1.165) is 36.4 Å². The first-order chi connectivity index (χ1) is 14.2. The number of nitrogens with zero attached hydrogens (tertiary/aromatic N) is 3. The highest BCUT2D eigenvalue weighted by atomic mass is 16.5. The van der Waals surface area contributed by atoms with Crippen LogP contribution in [0.3, 0.4) is 0 Å². The van der Waals surface area contributed by atoms with Crippen molar-refractivity contribution in [2.45, 2.75) is 12.8 Å². The van der Waals surface area contributed by atoms with Crippen LogP contribution in [0.2, 0.25) is 0 Å². The van der Waals surface area contributed by atoms with E-state index in [1.54, 1.807) is 43.7 Å². The van der Waals surface area contributed by atoms with E-state index in [9.17, 15) is 4.79 Å². The predicted octanol–water partition coefficient (Wildman–Crippen LogP) is 3.45. The van der Waals surface area contributed by atoms with Crippen LogP contribution in [0.5, 0.6) is 5.75 Å². The van der Waals surface area contributed by atoms with Crippen LogP contribution in [0, 0.1) is 0 Å². The van der Waals surface area contributed by atoms with Gasteiger partial charge in [0.25, 0.3) is 5.91 Å². The number of methoxy groups -OCH3 is 1. The zero-order chi connectivity index (χ0) is 20.5. The van der Waals surface area contributed by atoms with Crippen LogP contribution in [0.15, 0.2) is 67.1 Å². The Balaban J connectivity index is 1.53. The molecule has 2 aromatic heterocycles. The molecule has 0 bridgehead atoms. The summed E-state index contributed by atoms with van der Waals surface area (Å²) in [5.41, 5.74) is 3.67. The van der Waals surface area contributed by atoms with Crippen molar-refractivity contribution in [1.29, 1.82) is 0 Å². The number of hydrogen-bond acceptors (Lipinski definition) is 5. The van der Waals surface area contributed by atoms with Crippen molar-refractivity contribution in [3.8, 4) is 5.75 Å². The van der Waals surface area contributed by atoms with Crippen LogP contribution in [0.1, 0.15) is 21.6 Å². The summed E-state index contributed by atoms with van der Waals surface area (Å²) in [6.07, 6.45) is 6.83. The van der Waals surface area contributed by atoms with Gasteiger partial charge in [0.1, 0.15) is 11.4 Å². The van der Waals surface area contributed by atoms with Gasteiger partial charge in [-0.25, -0.2) is 0 Å². The number of nitrogens with one attached hydrogen (secondary N) is 1. The normalized spacial score (nSPS) is 10.4. The average Bonchev–Trinajstić information content (AvgIpc) is 2.78. The smallest absolute Gasteiger partial charge is 0.272 e. The maximum absolute atomic E-state index is 12.7. The monoisotopic (exact) mass is 390 g/mol. The Morgan fingerprint density at radius 2 is 1.86 bits per heavy atom. The Morgan fingerprint density at radius 1 is 1.03 bits per heavy atom. The third-order valence-electron chi connectivity index (χ3n) is 4.69. The van der Waals surface area contributed by atoms with Gasteiger partial charge in [0.05, 0.1) is 7.11 Å². The average molecular weight is 390 g/mol. The SMILES string of the molecule is COc1cccc(CCNc2ccnc(C(=O)N(C)CCc3ccncc3)c2)c1. The highest BCUT2D eigenvalue weighted by molar-refractivity contribution is 5.93. The van der Waals surface area contributed by atoms with Crippen molar-refractivity contribution >= 4 is 11.6 Å². The molecule has 0 saturated carbocycles. The number of anilines is 1. The van der Waals surface area contributed by atoms with Crippen LogP contribution in [0.25, 0.3) is 0 Å². The topological polar surface area (TPSA) is 67.3 Å². The number of amides is 1. The first kappa shape index (κ1) is 20.3. The molecule has 0 fully saturated rings. The van der Waals surface area contributed by atoms with Gasteiger partial charge in [-0.3, -0.25) is 14.8 Å². The van der Waals surface area contributed by atoms with E-state index in [1.807, 2.05) is 36.4 Å². The minimum absolute atomic E-state index is 0.0875. The van der Waals surface area contributed by atoms with Gasteiger partial charge in [-0.1, -0.05) is 12.1 Å². The Hall–Kier alpha value is -3.41. The van der Waals surface area contributed by atoms with E-state index >= 15 is 0 Å². The number of pyridine rings is 2. The molecule has 29 heavy (non-hydrogen) atoms. The second-order valence-electron chi connectivity index (χ2n) is 6.79. The fraction of sp³-hybridized carbons (Fsp3) is 0.261. The lowest BCUT2D eigenvalue weighted by molar-refractivity contribution is 0.0791. The molecule has 3 rings (SSSR count). The molecule has 0 atom stereocenters. The molecule has 1 aromatic carbocycles. The number of carbonyl (C=O) groups excluding carboxylic acids is 1. The maximum Gasteiger partial charge on any atom is 0.272 e. The molecule has 0 aliphatic heterocycles. The lowest BCUT2D eigenvalue weighted by Crippen LogP contribution is -2.29. The van der Waals surface area contributed by atoms with E-state index in [4.69, 9.17) is 4.74 Å². The minimum atomic E-state index is -0.0875. The summed E-state index contributed by atoms with van der Waals surface area (Å²) in [6, 6.07) is 15.6. The second-order valence-corrected chi connectivity index (χ2v) is 6.79. The number of hydrogen-bond donors (Lipinski definition) is 1. The van der Waals surface area contributed by atoms with Crippen molar-refractivity contribution in [2.75, 3.05) is 32.6 Å². The van der Waals surface area contributed by atoms with Gasteiger partial charge < -0.3 is 15.0 Å². The molecular formula is C23H26N4O2. The van der Waals surface area contributed by atoms with Gasteiger partial charge in [0.2, 0.25) is 0 Å². The van der Waals surface area contributed by atoms with Crippen molar-refractivity contribution in [1.82, 2.24) is 14.9 Å². The summed E-state index contributed by atoms with van der Waals surface area (Å²) in [5.74, 6) is 0.768. The van der Waals surface area contributed by atoms with Gasteiger partial charge in [-0.2, -0.15) is 0 Å². The van der Waals surface area contributed by atoms with Crippen LogP contribution in [-0.2, 0) is 12.8 Å².